The van der Waals surface area contributed by atoms with Crippen LogP contribution in [0.15, 0.2) is 36.5 Å². The van der Waals surface area contributed by atoms with Gasteiger partial charge in [-0.1, -0.05) is 37.1 Å². The number of aromatic nitrogens is 2. The Labute approximate surface area is 119 Å². The molecule has 1 heterocycles. The molecular weight excluding hydrogens is 258 g/mol. The Balaban J connectivity index is 2.01. The molecule has 0 amide bonds. The monoisotopic (exact) mass is 277 g/mol. The van der Waals surface area contributed by atoms with Gasteiger partial charge in [0.15, 0.2) is 0 Å². The molecule has 0 spiro atoms. The van der Waals surface area contributed by atoms with E-state index in [9.17, 15) is 0 Å². The van der Waals surface area contributed by atoms with Gasteiger partial charge in [-0.15, -0.1) is 0 Å². The largest absolute Gasteiger partial charge is 0.304 e. The van der Waals surface area contributed by atoms with Crippen molar-refractivity contribution in [3.05, 3.63) is 52.8 Å². The third kappa shape index (κ3) is 4.08. The molecule has 1 aromatic carbocycles. The van der Waals surface area contributed by atoms with E-state index in [0.29, 0.717) is 6.04 Å². The average molecular weight is 278 g/mol. The number of rotatable bonds is 6. The summed E-state index contributed by atoms with van der Waals surface area (Å²) in [6.07, 6.45) is 4.21. The third-order valence-corrected chi connectivity index (χ3v) is 3.40. The second-order valence-electron chi connectivity index (χ2n) is 4.75. The predicted octanol–water partition coefficient (Wildman–Crippen LogP) is 3.70. The van der Waals surface area contributed by atoms with Crippen LogP contribution in [0.3, 0.4) is 0 Å². The summed E-state index contributed by atoms with van der Waals surface area (Å²) >= 11 is 5.94. The summed E-state index contributed by atoms with van der Waals surface area (Å²) < 4.78 is 1.83. The molecule has 19 heavy (non-hydrogen) atoms. The molecule has 0 radical (unpaired) electrons. The summed E-state index contributed by atoms with van der Waals surface area (Å²) in [5.41, 5.74) is 2.35. The fourth-order valence-corrected chi connectivity index (χ4v) is 2.28. The summed E-state index contributed by atoms with van der Waals surface area (Å²) in [6, 6.07) is 10.5. The van der Waals surface area contributed by atoms with E-state index in [1.165, 1.54) is 5.56 Å². The van der Waals surface area contributed by atoms with Crippen LogP contribution in [-0.2, 0) is 13.6 Å². The Morgan fingerprint density at radius 1 is 1.26 bits per heavy atom. The van der Waals surface area contributed by atoms with Crippen molar-refractivity contribution in [2.75, 3.05) is 0 Å². The first-order valence-electron chi connectivity index (χ1n) is 6.66. The van der Waals surface area contributed by atoms with Crippen molar-refractivity contribution in [2.24, 2.45) is 7.05 Å². The fourth-order valence-electron chi connectivity index (χ4n) is 2.16. The van der Waals surface area contributed by atoms with Crippen LogP contribution in [0, 0.1) is 0 Å². The smallest absolute Gasteiger partial charge is 0.0762 e. The molecule has 0 aliphatic rings. The molecule has 0 saturated carbocycles. The SMILES string of the molecule is CCCC(NCc1ccn(C)n1)c1ccc(Cl)cc1. The summed E-state index contributed by atoms with van der Waals surface area (Å²) in [4.78, 5) is 0. The maximum absolute atomic E-state index is 5.94. The minimum Gasteiger partial charge on any atom is -0.304 e. The highest BCUT2D eigenvalue weighted by Crippen LogP contribution is 2.21. The molecule has 1 unspecified atom stereocenters. The van der Waals surface area contributed by atoms with Gasteiger partial charge >= 0.3 is 0 Å². The normalized spacial score (nSPS) is 12.6. The molecule has 0 fully saturated rings. The van der Waals surface area contributed by atoms with E-state index in [1.807, 2.05) is 36.1 Å². The van der Waals surface area contributed by atoms with Crippen LogP contribution >= 0.6 is 11.6 Å². The molecule has 1 N–H and O–H groups in total. The van der Waals surface area contributed by atoms with E-state index >= 15 is 0 Å². The van der Waals surface area contributed by atoms with Crippen LogP contribution in [0.5, 0.6) is 0 Å². The minimum atomic E-state index is 0.351. The van der Waals surface area contributed by atoms with Gasteiger partial charge in [-0.25, -0.2) is 0 Å². The van der Waals surface area contributed by atoms with Gasteiger partial charge in [-0.05, 0) is 30.2 Å². The topological polar surface area (TPSA) is 29.9 Å². The second kappa shape index (κ2) is 6.73. The summed E-state index contributed by atoms with van der Waals surface area (Å²) in [7, 11) is 1.94. The first-order valence-corrected chi connectivity index (χ1v) is 7.04. The Morgan fingerprint density at radius 3 is 2.58 bits per heavy atom. The van der Waals surface area contributed by atoms with Gasteiger partial charge in [0.2, 0.25) is 0 Å². The standard InChI is InChI=1S/C15H20ClN3/c1-3-4-15(12-5-7-13(16)8-6-12)17-11-14-9-10-19(2)18-14/h5-10,15,17H,3-4,11H2,1-2H3. The highest BCUT2D eigenvalue weighted by molar-refractivity contribution is 6.30. The van der Waals surface area contributed by atoms with E-state index < -0.39 is 0 Å². The highest BCUT2D eigenvalue weighted by atomic mass is 35.5. The Kier molecular flexibility index (Phi) is 5.00. The molecule has 0 aliphatic heterocycles. The Morgan fingerprint density at radius 2 is 2.00 bits per heavy atom. The van der Waals surface area contributed by atoms with Crippen LogP contribution in [0.2, 0.25) is 5.02 Å². The molecule has 1 aromatic heterocycles. The molecular formula is C15H20ClN3. The molecule has 0 bridgehead atoms. The number of nitrogens with one attached hydrogen (secondary N) is 1. The van der Waals surface area contributed by atoms with Crippen molar-refractivity contribution in [1.82, 2.24) is 15.1 Å². The Hall–Kier alpha value is -1.32. The van der Waals surface area contributed by atoms with Crippen molar-refractivity contribution in [1.29, 1.82) is 0 Å². The maximum Gasteiger partial charge on any atom is 0.0762 e. The fraction of sp³-hybridized carbons (Fsp3) is 0.400. The minimum absolute atomic E-state index is 0.351. The maximum atomic E-state index is 5.94. The number of hydrogen-bond donors (Lipinski definition) is 1. The first-order chi connectivity index (χ1) is 9.19. The van der Waals surface area contributed by atoms with Crippen LogP contribution in [0.4, 0.5) is 0 Å². The van der Waals surface area contributed by atoms with Crippen LogP contribution in [0.1, 0.15) is 37.1 Å². The van der Waals surface area contributed by atoms with Gasteiger partial charge in [0, 0.05) is 30.9 Å². The van der Waals surface area contributed by atoms with Crippen molar-refractivity contribution < 1.29 is 0 Å². The zero-order valence-electron chi connectivity index (χ0n) is 11.4. The van der Waals surface area contributed by atoms with E-state index in [2.05, 4.69) is 29.5 Å². The number of aryl methyl sites for hydroxylation is 1. The molecule has 3 nitrogen and oxygen atoms in total. The zero-order valence-corrected chi connectivity index (χ0v) is 12.2. The van der Waals surface area contributed by atoms with Crippen LogP contribution < -0.4 is 5.32 Å². The lowest BCUT2D eigenvalue weighted by molar-refractivity contribution is 0.487. The van der Waals surface area contributed by atoms with E-state index in [0.717, 1.165) is 30.1 Å². The lowest BCUT2D eigenvalue weighted by atomic mass is 10.0. The first kappa shape index (κ1) is 14.1. The van der Waals surface area contributed by atoms with Crippen molar-refractivity contribution in [2.45, 2.75) is 32.4 Å². The molecule has 0 saturated heterocycles. The molecule has 102 valence electrons. The van der Waals surface area contributed by atoms with Gasteiger partial charge in [0.25, 0.3) is 0 Å². The number of benzene rings is 1. The second-order valence-corrected chi connectivity index (χ2v) is 5.19. The van der Waals surface area contributed by atoms with E-state index in [1.54, 1.807) is 0 Å². The number of hydrogen-bond acceptors (Lipinski definition) is 2. The molecule has 1 atom stereocenters. The van der Waals surface area contributed by atoms with Gasteiger partial charge in [0.1, 0.15) is 0 Å². The summed E-state index contributed by atoms with van der Waals surface area (Å²) in [5, 5.41) is 8.73. The van der Waals surface area contributed by atoms with Gasteiger partial charge in [-0.3, -0.25) is 4.68 Å². The third-order valence-electron chi connectivity index (χ3n) is 3.15. The van der Waals surface area contributed by atoms with Crippen molar-refractivity contribution in [3.63, 3.8) is 0 Å². The van der Waals surface area contributed by atoms with Crippen LogP contribution in [0.25, 0.3) is 0 Å². The molecule has 2 rings (SSSR count). The average Bonchev–Trinajstić information content (AvgIpc) is 2.81. The molecule has 2 aromatic rings. The lowest BCUT2D eigenvalue weighted by Gasteiger charge is -2.18. The van der Waals surface area contributed by atoms with Gasteiger partial charge in [0.05, 0.1) is 5.69 Å². The number of nitrogens with zero attached hydrogens (tertiary/aromatic N) is 2. The van der Waals surface area contributed by atoms with Crippen molar-refractivity contribution in [3.8, 4) is 0 Å². The van der Waals surface area contributed by atoms with Crippen molar-refractivity contribution >= 4 is 11.6 Å². The quantitative estimate of drug-likeness (QED) is 0.872. The van der Waals surface area contributed by atoms with Gasteiger partial charge < -0.3 is 5.32 Å². The van der Waals surface area contributed by atoms with Gasteiger partial charge in [-0.2, -0.15) is 5.10 Å². The van der Waals surface area contributed by atoms with E-state index in [-0.39, 0.29) is 0 Å². The molecule has 4 heteroatoms. The number of halogens is 1. The van der Waals surface area contributed by atoms with E-state index in [4.69, 9.17) is 11.6 Å². The lowest BCUT2D eigenvalue weighted by Crippen LogP contribution is -2.21. The summed E-state index contributed by atoms with van der Waals surface area (Å²) in [6.45, 7) is 2.99. The zero-order chi connectivity index (χ0) is 13.7. The summed E-state index contributed by atoms with van der Waals surface area (Å²) in [5.74, 6) is 0. The Bertz CT molecular complexity index is 504. The molecule has 0 aliphatic carbocycles. The van der Waals surface area contributed by atoms with Crippen LogP contribution in [-0.4, -0.2) is 9.78 Å². The predicted molar refractivity (Wildman–Crippen MR) is 79.1 cm³/mol. The highest BCUT2D eigenvalue weighted by Gasteiger charge is 2.10.